The Bertz CT molecular complexity index is 842. The number of hydrogen-bond donors (Lipinski definition) is 1. The number of carbonyl (C=O) groups is 2. The Hall–Kier alpha value is -3.28. The van der Waals surface area contributed by atoms with Crippen molar-refractivity contribution in [3.63, 3.8) is 0 Å². The smallest absolute Gasteiger partial charge is 0.341 e. The van der Waals surface area contributed by atoms with Gasteiger partial charge in [-0.1, -0.05) is 57.4 Å². The zero-order valence-corrected chi connectivity index (χ0v) is 19.4. The average Bonchev–Trinajstić information content (AvgIpc) is 2.83. The van der Waals surface area contributed by atoms with Gasteiger partial charge in [0.15, 0.2) is 0 Å². The van der Waals surface area contributed by atoms with E-state index < -0.39 is 5.97 Å². The van der Waals surface area contributed by atoms with Crippen molar-refractivity contribution in [2.75, 3.05) is 20.8 Å². The molecule has 0 fully saturated rings. The number of carboxylic acid groups (broad SMARTS) is 1. The Morgan fingerprint density at radius 3 is 2.25 bits per heavy atom. The lowest BCUT2D eigenvalue weighted by atomic mass is 10.0. The van der Waals surface area contributed by atoms with Crippen molar-refractivity contribution in [3.05, 3.63) is 65.7 Å². The summed E-state index contributed by atoms with van der Waals surface area (Å²) < 4.78 is 15.5. The number of rotatable bonds is 11. The monoisotopic (exact) mass is 442 g/mol. The first kappa shape index (κ1) is 26.8. The maximum Gasteiger partial charge on any atom is 0.341 e. The second kappa shape index (κ2) is 15.5. The zero-order valence-electron chi connectivity index (χ0n) is 19.4. The molecule has 0 aliphatic rings. The van der Waals surface area contributed by atoms with E-state index in [9.17, 15) is 9.59 Å². The highest BCUT2D eigenvalue weighted by molar-refractivity contribution is 5.92. The van der Waals surface area contributed by atoms with Crippen molar-refractivity contribution in [1.82, 2.24) is 0 Å². The van der Waals surface area contributed by atoms with Crippen LogP contribution >= 0.6 is 0 Å². The molecule has 32 heavy (non-hydrogen) atoms. The third kappa shape index (κ3) is 10.2. The highest BCUT2D eigenvalue weighted by Crippen LogP contribution is 2.20. The molecule has 0 aromatic heterocycles. The van der Waals surface area contributed by atoms with Gasteiger partial charge in [0, 0.05) is 6.08 Å². The van der Waals surface area contributed by atoms with Gasteiger partial charge < -0.3 is 19.3 Å². The van der Waals surface area contributed by atoms with E-state index in [4.69, 9.17) is 19.3 Å². The Labute approximate surface area is 190 Å². The molecule has 0 bridgehead atoms. The molecule has 174 valence electrons. The minimum Gasteiger partial charge on any atom is -0.497 e. The molecule has 6 nitrogen and oxygen atoms in total. The van der Waals surface area contributed by atoms with Crippen molar-refractivity contribution in [2.45, 2.75) is 39.5 Å². The number of carboxylic acids is 1. The second-order valence-electron chi connectivity index (χ2n) is 7.16. The zero-order chi connectivity index (χ0) is 23.8. The third-order valence-electron chi connectivity index (χ3n) is 4.85. The van der Waals surface area contributed by atoms with Gasteiger partial charge in [0.1, 0.15) is 17.1 Å². The molecule has 1 unspecified atom stereocenters. The molecule has 0 saturated heterocycles. The van der Waals surface area contributed by atoms with Crippen molar-refractivity contribution < 1.29 is 28.9 Å². The van der Waals surface area contributed by atoms with Crippen LogP contribution in [-0.2, 0) is 9.53 Å². The van der Waals surface area contributed by atoms with E-state index in [1.807, 2.05) is 12.1 Å². The van der Waals surface area contributed by atoms with Crippen molar-refractivity contribution >= 4 is 18.0 Å². The van der Waals surface area contributed by atoms with Crippen LogP contribution in [-0.4, -0.2) is 37.9 Å². The molecule has 1 atom stereocenters. The summed E-state index contributed by atoms with van der Waals surface area (Å²) in [4.78, 5) is 22.2. The first-order valence-corrected chi connectivity index (χ1v) is 10.8. The number of unbranched alkanes of at least 4 members (excludes halogenated alkanes) is 1. The van der Waals surface area contributed by atoms with E-state index in [1.54, 1.807) is 50.6 Å². The van der Waals surface area contributed by atoms with Crippen LogP contribution in [0.15, 0.2) is 54.6 Å². The summed E-state index contributed by atoms with van der Waals surface area (Å²) in [6.45, 7) is 4.80. The molecule has 0 aliphatic heterocycles. The Kier molecular flexibility index (Phi) is 13.0. The van der Waals surface area contributed by atoms with Gasteiger partial charge >= 0.3 is 11.9 Å². The number of para-hydroxylation sites is 1. The predicted molar refractivity (Wildman–Crippen MR) is 126 cm³/mol. The summed E-state index contributed by atoms with van der Waals surface area (Å²) >= 11 is 0. The molecule has 0 saturated carbocycles. The topological polar surface area (TPSA) is 82.1 Å². The quantitative estimate of drug-likeness (QED) is 0.347. The van der Waals surface area contributed by atoms with Crippen LogP contribution in [0.4, 0.5) is 0 Å². The largest absolute Gasteiger partial charge is 0.497 e. The van der Waals surface area contributed by atoms with Crippen LogP contribution < -0.4 is 9.47 Å². The molecule has 1 N–H and O–H groups in total. The number of aliphatic carboxylic acids is 1. The highest BCUT2D eigenvalue weighted by Gasteiger charge is 2.15. The number of hydrogen-bond acceptors (Lipinski definition) is 5. The predicted octanol–water partition coefficient (Wildman–Crippen LogP) is 5.86. The fourth-order valence-corrected chi connectivity index (χ4v) is 2.87. The fraction of sp³-hybridized carbons (Fsp3) is 0.385. The van der Waals surface area contributed by atoms with Crippen molar-refractivity contribution in [3.8, 4) is 11.5 Å². The molecular formula is C26H34O6. The fourth-order valence-electron chi connectivity index (χ4n) is 2.87. The van der Waals surface area contributed by atoms with E-state index in [0.29, 0.717) is 23.8 Å². The van der Waals surface area contributed by atoms with Gasteiger partial charge in [-0.25, -0.2) is 9.59 Å². The SMILES string of the molecule is CCCCC(CC)COC(=O)c1ccccc1OC.COc1ccc(C=CC(=O)O)cc1. The maximum absolute atomic E-state index is 12.0. The van der Waals surface area contributed by atoms with E-state index in [1.165, 1.54) is 18.9 Å². The minimum atomic E-state index is -0.948. The lowest BCUT2D eigenvalue weighted by Crippen LogP contribution is -2.14. The molecule has 0 radical (unpaired) electrons. The molecule has 0 heterocycles. The van der Waals surface area contributed by atoms with Crippen LogP contribution in [0.2, 0.25) is 0 Å². The molecule has 0 amide bonds. The van der Waals surface area contributed by atoms with E-state index in [0.717, 1.165) is 30.2 Å². The van der Waals surface area contributed by atoms with Gasteiger partial charge in [0.25, 0.3) is 0 Å². The summed E-state index contributed by atoms with van der Waals surface area (Å²) in [5.74, 6) is 0.531. The molecule has 0 spiro atoms. The summed E-state index contributed by atoms with van der Waals surface area (Å²) in [6.07, 6.45) is 7.15. The van der Waals surface area contributed by atoms with Crippen LogP contribution in [0.1, 0.15) is 55.5 Å². The van der Waals surface area contributed by atoms with Crippen molar-refractivity contribution in [1.29, 1.82) is 0 Å². The summed E-state index contributed by atoms with van der Waals surface area (Å²) in [7, 11) is 3.14. The Balaban J connectivity index is 0.000000343. The molecule has 0 aliphatic carbocycles. The third-order valence-corrected chi connectivity index (χ3v) is 4.85. The van der Waals surface area contributed by atoms with Crippen LogP contribution in [0.5, 0.6) is 11.5 Å². The number of ether oxygens (including phenoxy) is 3. The Morgan fingerprint density at radius 1 is 1.00 bits per heavy atom. The molecule has 2 aromatic rings. The highest BCUT2D eigenvalue weighted by atomic mass is 16.5. The molecular weight excluding hydrogens is 408 g/mol. The minimum absolute atomic E-state index is 0.299. The normalized spacial score (nSPS) is 11.2. The first-order chi connectivity index (χ1) is 15.4. The number of benzene rings is 2. The van der Waals surface area contributed by atoms with Gasteiger partial charge in [-0.05, 0) is 48.2 Å². The molecule has 6 heteroatoms. The van der Waals surface area contributed by atoms with Gasteiger partial charge in [-0.3, -0.25) is 0 Å². The lowest BCUT2D eigenvalue weighted by Gasteiger charge is -2.15. The second-order valence-corrected chi connectivity index (χ2v) is 7.16. The van der Waals surface area contributed by atoms with Crippen LogP contribution in [0.25, 0.3) is 6.08 Å². The number of methoxy groups -OCH3 is 2. The van der Waals surface area contributed by atoms with E-state index >= 15 is 0 Å². The van der Waals surface area contributed by atoms with Gasteiger partial charge in [-0.2, -0.15) is 0 Å². The van der Waals surface area contributed by atoms with Gasteiger partial charge in [0.05, 0.1) is 20.8 Å². The van der Waals surface area contributed by atoms with Crippen LogP contribution in [0.3, 0.4) is 0 Å². The van der Waals surface area contributed by atoms with E-state index in [2.05, 4.69) is 13.8 Å². The summed E-state index contributed by atoms with van der Waals surface area (Å²) in [5, 5.41) is 8.36. The molecule has 2 aromatic carbocycles. The van der Waals surface area contributed by atoms with Gasteiger partial charge in [-0.15, -0.1) is 0 Å². The summed E-state index contributed by atoms with van der Waals surface area (Å²) in [5.41, 5.74) is 1.33. The first-order valence-electron chi connectivity index (χ1n) is 10.8. The maximum atomic E-state index is 12.0. The lowest BCUT2D eigenvalue weighted by molar-refractivity contribution is -0.131. The average molecular weight is 443 g/mol. The van der Waals surface area contributed by atoms with Gasteiger partial charge in [0.2, 0.25) is 0 Å². The van der Waals surface area contributed by atoms with Crippen molar-refractivity contribution in [2.24, 2.45) is 5.92 Å². The van der Waals surface area contributed by atoms with Crippen LogP contribution in [0, 0.1) is 5.92 Å². The Morgan fingerprint density at radius 2 is 1.69 bits per heavy atom. The van der Waals surface area contributed by atoms with E-state index in [-0.39, 0.29) is 5.97 Å². The number of carbonyl (C=O) groups excluding carboxylic acids is 1. The molecule has 2 rings (SSSR count). The standard InChI is InChI=1S/C16H24O3.C10H10O3/c1-4-6-9-13(5-2)12-19-16(17)14-10-7-8-11-15(14)18-3;1-13-9-5-2-8(3-6-9)4-7-10(11)12/h7-8,10-11,13H,4-6,9,12H2,1-3H3;2-7H,1H3,(H,11,12). The summed E-state index contributed by atoms with van der Waals surface area (Å²) in [6, 6.07) is 14.3. The number of esters is 1.